The zero-order chi connectivity index (χ0) is 16.0. The summed E-state index contributed by atoms with van der Waals surface area (Å²) < 4.78 is 30.8. The summed E-state index contributed by atoms with van der Waals surface area (Å²) in [7, 11) is -2.51. The van der Waals surface area contributed by atoms with Crippen LogP contribution >= 0.6 is 11.6 Å². The van der Waals surface area contributed by atoms with Crippen molar-refractivity contribution in [3.8, 4) is 0 Å². The Balaban J connectivity index is 3.07. The quantitative estimate of drug-likeness (QED) is 0.566. The summed E-state index contributed by atoms with van der Waals surface area (Å²) in [6, 6.07) is 6.17. The van der Waals surface area contributed by atoms with E-state index in [0.29, 0.717) is 12.3 Å². The molecule has 0 radical (unpaired) electrons. The largest absolute Gasteiger partial charge is 0.468 e. The first-order chi connectivity index (χ1) is 9.82. The molecule has 7 heteroatoms. The number of sulfonamides is 1. The molecule has 0 amide bonds. The first-order valence-corrected chi connectivity index (χ1v) is 8.54. The molecular weight excluding hydrogens is 314 g/mol. The second-order valence-electron chi connectivity index (χ2n) is 4.80. The number of methoxy groups -OCH3 is 1. The summed E-state index contributed by atoms with van der Waals surface area (Å²) in [5.41, 5.74) is 0.966. The van der Waals surface area contributed by atoms with Gasteiger partial charge in [0, 0.05) is 11.9 Å². The molecular formula is C14H20ClNO4S. The lowest BCUT2D eigenvalue weighted by Gasteiger charge is -2.24. The van der Waals surface area contributed by atoms with E-state index in [1.54, 1.807) is 26.0 Å². The van der Waals surface area contributed by atoms with Crippen molar-refractivity contribution in [2.45, 2.75) is 31.2 Å². The molecule has 1 aromatic carbocycles. The molecule has 5 nitrogen and oxygen atoms in total. The third-order valence-electron chi connectivity index (χ3n) is 3.00. The molecule has 0 bridgehead atoms. The Morgan fingerprint density at radius 1 is 1.29 bits per heavy atom. The number of halogens is 1. The molecule has 21 heavy (non-hydrogen) atoms. The number of alkyl halides is 1. The van der Waals surface area contributed by atoms with E-state index in [1.807, 2.05) is 0 Å². The SMILES string of the molecule is COC(=O)CN(C(C)C)S(=O)(=O)c1ccc(CCCl)cc1. The van der Waals surface area contributed by atoms with Gasteiger partial charge < -0.3 is 4.74 Å². The second-order valence-corrected chi connectivity index (χ2v) is 7.07. The zero-order valence-corrected chi connectivity index (χ0v) is 13.9. The molecule has 0 atom stereocenters. The first-order valence-electron chi connectivity index (χ1n) is 6.56. The van der Waals surface area contributed by atoms with Gasteiger partial charge in [0.25, 0.3) is 0 Å². The summed E-state index contributed by atoms with van der Waals surface area (Å²) in [5.74, 6) is -0.113. The van der Waals surface area contributed by atoms with Crippen LogP contribution in [0.2, 0.25) is 0 Å². The molecule has 0 heterocycles. The van der Waals surface area contributed by atoms with Crippen LogP contribution in [0.4, 0.5) is 0 Å². The molecule has 0 N–H and O–H groups in total. The van der Waals surface area contributed by atoms with Crippen LogP contribution in [0.25, 0.3) is 0 Å². The maximum atomic E-state index is 12.6. The van der Waals surface area contributed by atoms with E-state index in [4.69, 9.17) is 11.6 Å². The van der Waals surface area contributed by atoms with Crippen LogP contribution in [0.3, 0.4) is 0 Å². The normalized spacial score (nSPS) is 11.9. The van der Waals surface area contributed by atoms with Gasteiger partial charge in [0.05, 0.1) is 12.0 Å². The Hall–Kier alpha value is -1.11. The standard InChI is InChI=1S/C14H20ClNO4S/c1-11(2)16(10-14(17)20-3)21(18,19)13-6-4-12(5-7-13)8-9-15/h4-7,11H,8-10H2,1-3H3. The number of hydrogen-bond donors (Lipinski definition) is 0. The molecule has 0 saturated heterocycles. The monoisotopic (exact) mass is 333 g/mol. The van der Waals surface area contributed by atoms with Gasteiger partial charge in [-0.15, -0.1) is 11.6 Å². The number of rotatable bonds is 7. The van der Waals surface area contributed by atoms with Gasteiger partial charge in [-0.1, -0.05) is 12.1 Å². The minimum atomic E-state index is -3.74. The Labute approximate surface area is 130 Å². The van der Waals surface area contributed by atoms with Gasteiger partial charge in [-0.2, -0.15) is 4.31 Å². The van der Waals surface area contributed by atoms with Crippen LogP contribution < -0.4 is 0 Å². The van der Waals surface area contributed by atoms with Crippen molar-refractivity contribution in [2.24, 2.45) is 0 Å². The predicted octanol–water partition coefficient (Wildman–Crippen LogP) is 2.04. The summed E-state index contributed by atoms with van der Waals surface area (Å²) in [6.45, 7) is 3.12. The fourth-order valence-corrected chi connectivity index (χ4v) is 3.61. The highest BCUT2D eigenvalue weighted by atomic mass is 35.5. The van der Waals surface area contributed by atoms with Crippen LogP contribution in [0.15, 0.2) is 29.2 Å². The number of carbonyl (C=O) groups is 1. The van der Waals surface area contributed by atoms with Crippen LogP contribution in [0.1, 0.15) is 19.4 Å². The van der Waals surface area contributed by atoms with Crippen LogP contribution in [0, 0.1) is 0 Å². The minimum absolute atomic E-state index is 0.151. The van der Waals surface area contributed by atoms with Gasteiger partial charge in [0.2, 0.25) is 10.0 Å². The lowest BCUT2D eigenvalue weighted by molar-refractivity contribution is -0.141. The number of hydrogen-bond acceptors (Lipinski definition) is 4. The molecule has 0 unspecified atom stereocenters. The fraction of sp³-hybridized carbons (Fsp3) is 0.500. The molecule has 1 rings (SSSR count). The van der Waals surface area contributed by atoms with Crippen molar-refractivity contribution in [1.82, 2.24) is 4.31 Å². The van der Waals surface area contributed by atoms with Crippen molar-refractivity contribution in [2.75, 3.05) is 19.5 Å². The molecule has 0 aliphatic heterocycles. The molecule has 0 spiro atoms. The molecule has 0 aliphatic rings. The van der Waals surface area contributed by atoms with E-state index < -0.39 is 16.0 Å². The topological polar surface area (TPSA) is 63.7 Å². The van der Waals surface area contributed by atoms with Gasteiger partial charge in [0.15, 0.2) is 0 Å². The van der Waals surface area contributed by atoms with E-state index in [2.05, 4.69) is 4.74 Å². The van der Waals surface area contributed by atoms with E-state index in [-0.39, 0.29) is 17.5 Å². The Bertz CT molecular complexity index is 569. The maximum Gasteiger partial charge on any atom is 0.321 e. The van der Waals surface area contributed by atoms with Gasteiger partial charge >= 0.3 is 5.97 Å². The molecule has 118 valence electrons. The van der Waals surface area contributed by atoms with Crippen molar-refractivity contribution in [3.05, 3.63) is 29.8 Å². The minimum Gasteiger partial charge on any atom is -0.468 e. The Morgan fingerprint density at radius 2 is 1.86 bits per heavy atom. The Kier molecular flexibility index (Phi) is 6.64. The first kappa shape index (κ1) is 17.9. The van der Waals surface area contributed by atoms with E-state index in [9.17, 15) is 13.2 Å². The third kappa shape index (κ3) is 4.69. The van der Waals surface area contributed by atoms with Gasteiger partial charge in [-0.05, 0) is 38.0 Å². The molecule has 0 aliphatic carbocycles. The van der Waals surface area contributed by atoms with E-state index >= 15 is 0 Å². The smallest absolute Gasteiger partial charge is 0.321 e. The highest BCUT2D eigenvalue weighted by molar-refractivity contribution is 7.89. The lowest BCUT2D eigenvalue weighted by atomic mass is 10.2. The fourth-order valence-electron chi connectivity index (χ4n) is 1.81. The lowest BCUT2D eigenvalue weighted by Crippen LogP contribution is -2.41. The van der Waals surface area contributed by atoms with E-state index in [1.165, 1.54) is 19.2 Å². The van der Waals surface area contributed by atoms with Gasteiger partial charge in [-0.3, -0.25) is 4.79 Å². The summed E-state index contributed by atoms with van der Waals surface area (Å²) >= 11 is 5.65. The van der Waals surface area contributed by atoms with E-state index in [0.717, 1.165) is 9.87 Å². The van der Waals surface area contributed by atoms with Crippen molar-refractivity contribution in [1.29, 1.82) is 0 Å². The summed E-state index contributed by atoms with van der Waals surface area (Å²) in [6.07, 6.45) is 0.679. The number of esters is 1. The van der Waals surface area contributed by atoms with Crippen LogP contribution in [-0.4, -0.2) is 44.3 Å². The molecule has 1 aromatic rings. The zero-order valence-electron chi connectivity index (χ0n) is 12.4. The molecule has 0 aromatic heterocycles. The molecule has 0 fully saturated rings. The van der Waals surface area contributed by atoms with Gasteiger partial charge in [0.1, 0.15) is 6.54 Å². The second kappa shape index (κ2) is 7.77. The van der Waals surface area contributed by atoms with Crippen molar-refractivity contribution in [3.63, 3.8) is 0 Å². The number of carbonyl (C=O) groups excluding carboxylic acids is 1. The van der Waals surface area contributed by atoms with Crippen molar-refractivity contribution >= 4 is 27.6 Å². The highest BCUT2D eigenvalue weighted by Gasteiger charge is 2.29. The molecule has 0 saturated carbocycles. The third-order valence-corrected chi connectivity index (χ3v) is 5.23. The van der Waals surface area contributed by atoms with Crippen molar-refractivity contribution < 1.29 is 17.9 Å². The predicted molar refractivity (Wildman–Crippen MR) is 81.9 cm³/mol. The summed E-state index contributed by atoms with van der Waals surface area (Å²) in [5, 5.41) is 0. The van der Waals surface area contributed by atoms with Crippen LogP contribution in [-0.2, 0) is 26.0 Å². The number of benzene rings is 1. The Morgan fingerprint density at radius 3 is 2.29 bits per heavy atom. The average molecular weight is 334 g/mol. The van der Waals surface area contributed by atoms with Crippen LogP contribution in [0.5, 0.6) is 0 Å². The number of nitrogens with zero attached hydrogens (tertiary/aromatic N) is 1. The number of aryl methyl sites for hydroxylation is 1. The van der Waals surface area contributed by atoms with Gasteiger partial charge in [-0.25, -0.2) is 8.42 Å². The maximum absolute atomic E-state index is 12.6. The summed E-state index contributed by atoms with van der Waals surface area (Å²) in [4.78, 5) is 11.6. The average Bonchev–Trinajstić information content (AvgIpc) is 2.44. The number of ether oxygens (including phenoxy) is 1. The highest BCUT2D eigenvalue weighted by Crippen LogP contribution is 2.19.